The number of nitrogens with two attached hydrogens (primary N) is 1. The maximum Gasteiger partial charge on any atom is 0.223 e. The average Bonchev–Trinajstić information content (AvgIpc) is 2.47. The fourth-order valence-electron chi connectivity index (χ4n) is 2.36. The van der Waals surface area contributed by atoms with Crippen molar-refractivity contribution in [1.29, 1.82) is 0 Å². The molecule has 5 heteroatoms. The molecule has 0 saturated carbocycles. The minimum Gasteiger partial charge on any atom is -0.493 e. The molecular formula is C15H23ClN2O2. The van der Waals surface area contributed by atoms with Gasteiger partial charge >= 0.3 is 0 Å². The standard InChI is InChI=1S/C15H22N2O2.ClH/c16-9-6-15(18)17-10-7-13(8-11-17)12-19-14-4-2-1-3-5-14;/h1-5,13H,6-12,16H2;1H. The maximum atomic E-state index is 11.7. The zero-order chi connectivity index (χ0) is 13.5. The van der Waals surface area contributed by atoms with E-state index in [9.17, 15) is 4.79 Å². The molecular weight excluding hydrogens is 276 g/mol. The lowest BCUT2D eigenvalue weighted by molar-refractivity contribution is -0.132. The molecule has 112 valence electrons. The number of carbonyl (C=O) groups excluding carboxylic acids is 1. The number of amides is 1. The van der Waals surface area contributed by atoms with Gasteiger partial charge in [0.15, 0.2) is 0 Å². The Bertz CT molecular complexity index is 392. The van der Waals surface area contributed by atoms with E-state index in [0.717, 1.165) is 38.3 Å². The summed E-state index contributed by atoms with van der Waals surface area (Å²) in [5.41, 5.74) is 5.41. The summed E-state index contributed by atoms with van der Waals surface area (Å²) in [5, 5.41) is 0. The van der Waals surface area contributed by atoms with Crippen molar-refractivity contribution in [2.45, 2.75) is 19.3 Å². The third kappa shape index (κ3) is 5.02. The Morgan fingerprint density at radius 2 is 1.90 bits per heavy atom. The third-order valence-electron chi connectivity index (χ3n) is 3.55. The van der Waals surface area contributed by atoms with E-state index in [-0.39, 0.29) is 18.3 Å². The highest BCUT2D eigenvalue weighted by atomic mass is 35.5. The maximum absolute atomic E-state index is 11.7. The van der Waals surface area contributed by atoms with E-state index in [0.29, 0.717) is 18.9 Å². The number of nitrogens with zero attached hydrogens (tertiary/aromatic N) is 1. The summed E-state index contributed by atoms with van der Waals surface area (Å²) >= 11 is 0. The van der Waals surface area contributed by atoms with Crippen LogP contribution in [0.5, 0.6) is 5.75 Å². The van der Waals surface area contributed by atoms with Crippen molar-refractivity contribution >= 4 is 18.3 Å². The van der Waals surface area contributed by atoms with Gasteiger partial charge in [-0.2, -0.15) is 0 Å². The molecule has 0 aromatic heterocycles. The summed E-state index contributed by atoms with van der Waals surface area (Å²) in [6.45, 7) is 2.85. The van der Waals surface area contributed by atoms with E-state index in [2.05, 4.69) is 0 Å². The van der Waals surface area contributed by atoms with Crippen LogP contribution in [0, 0.1) is 5.92 Å². The number of ether oxygens (including phenoxy) is 1. The number of hydrogen-bond donors (Lipinski definition) is 1. The van der Waals surface area contributed by atoms with Crippen LogP contribution in [-0.2, 0) is 4.79 Å². The Balaban J connectivity index is 0.00000200. The minimum absolute atomic E-state index is 0. The Morgan fingerprint density at radius 3 is 2.50 bits per heavy atom. The van der Waals surface area contributed by atoms with E-state index in [4.69, 9.17) is 10.5 Å². The number of rotatable bonds is 5. The van der Waals surface area contributed by atoms with Crippen LogP contribution >= 0.6 is 12.4 Å². The Morgan fingerprint density at radius 1 is 1.25 bits per heavy atom. The summed E-state index contributed by atoms with van der Waals surface area (Å²) in [7, 11) is 0. The Labute approximate surface area is 126 Å². The van der Waals surface area contributed by atoms with Gasteiger partial charge in [0.25, 0.3) is 0 Å². The number of carbonyl (C=O) groups is 1. The first-order chi connectivity index (χ1) is 9.29. The van der Waals surface area contributed by atoms with Crippen molar-refractivity contribution in [3.05, 3.63) is 30.3 Å². The monoisotopic (exact) mass is 298 g/mol. The van der Waals surface area contributed by atoms with E-state index >= 15 is 0 Å². The first-order valence-electron chi connectivity index (χ1n) is 6.95. The van der Waals surface area contributed by atoms with Gasteiger partial charge in [-0.3, -0.25) is 4.79 Å². The first kappa shape index (κ1) is 16.8. The molecule has 1 aromatic rings. The summed E-state index contributed by atoms with van der Waals surface area (Å²) in [5.74, 6) is 1.65. The molecule has 2 rings (SSSR count). The first-order valence-corrected chi connectivity index (χ1v) is 6.95. The third-order valence-corrected chi connectivity index (χ3v) is 3.55. The Kier molecular flexibility index (Phi) is 7.41. The van der Waals surface area contributed by atoms with Crippen LogP contribution in [0.15, 0.2) is 30.3 Å². The minimum atomic E-state index is 0. The molecule has 1 aliphatic heterocycles. The van der Waals surface area contributed by atoms with Crippen LogP contribution in [0.4, 0.5) is 0 Å². The van der Waals surface area contributed by atoms with Gasteiger partial charge in [-0.1, -0.05) is 18.2 Å². The van der Waals surface area contributed by atoms with Gasteiger partial charge in [-0.25, -0.2) is 0 Å². The van der Waals surface area contributed by atoms with Crippen molar-refractivity contribution in [3.8, 4) is 5.75 Å². The molecule has 0 unspecified atom stereocenters. The summed E-state index contributed by atoms with van der Waals surface area (Å²) in [4.78, 5) is 13.6. The SMILES string of the molecule is Cl.NCCC(=O)N1CCC(COc2ccccc2)CC1. The number of hydrogen-bond acceptors (Lipinski definition) is 3. The number of para-hydroxylation sites is 1. The highest BCUT2D eigenvalue weighted by Gasteiger charge is 2.22. The molecule has 0 atom stereocenters. The molecule has 0 aliphatic carbocycles. The van der Waals surface area contributed by atoms with Crippen molar-refractivity contribution in [2.24, 2.45) is 11.7 Å². The van der Waals surface area contributed by atoms with Gasteiger partial charge in [-0.05, 0) is 30.9 Å². The van der Waals surface area contributed by atoms with Gasteiger partial charge in [0, 0.05) is 26.1 Å². The molecule has 0 radical (unpaired) electrons. The molecule has 1 fully saturated rings. The van der Waals surface area contributed by atoms with E-state index < -0.39 is 0 Å². The summed E-state index contributed by atoms with van der Waals surface area (Å²) in [6.07, 6.45) is 2.50. The number of piperidine rings is 1. The summed E-state index contributed by atoms with van der Waals surface area (Å²) in [6, 6.07) is 9.88. The fraction of sp³-hybridized carbons (Fsp3) is 0.533. The highest BCUT2D eigenvalue weighted by molar-refractivity contribution is 5.85. The molecule has 0 spiro atoms. The van der Waals surface area contributed by atoms with Crippen LogP contribution < -0.4 is 10.5 Å². The smallest absolute Gasteiger partial charge is 0.223 e. The van der Waals surface area contributed by atoms with Crippen molar-refractivity contribution < 1.29 is 9.53 Å². The lowest BCUT2D eigenvalue weighted by Crippen LogP contribution is -2.40. The van der Waals surface area contributed by atoms with Gasteiger partial charge in [-0.15, -0.1) is 12.4 Å². The average molecular weight is 299 g/mol. The predicted octanol–water partition coefficient (Wildman–Crippen LogP) is 2.07. The van der Waals surface area contributed by atoms with Gasteiger partial charge in [0.1, 0.15) is 5.75 Å². The molecule has 0 bridgehead atoms. The molecule has 20 heavy (non-hydrogen) atoms. The second-order valence-electron chi connectivity index (χ2n) is 4.99. The van der Waals surface area contributed by atoms with E-state index in [1.165, 1.54) is 0 Å². The number of likely N-dealkylation sites (tertiary alicyclic amines) is 1. The van der Waals surface area contributed by atoms with Crippen molar-refractivity contribution in [1.82, 2.24) is 4.90 Å². The molecule has 4 nitrogen and oxygen atoms in total. The fourth-order valence-corrected chi connectivity index (χ4v) is 2.36. The van der Waals surface area contributed by atoms with E-state index in [1.807, 2.05) is 35.2 Å². The lowest BCUT2D eigenvalue weighted by Gasteiger charge is -2.31. The highest BCUT2D eigenvalue weighted by Crippen LogP contribution is 2.19. The zero-order valence-corrected chi connectivity index (χ0v) is 12.5. The quantitative estimate of drug-likeness (QED) is 0.905. The number of benzene rings is 1. The van der Waals surface area contributed by atoms with Crippen LogP contribution in [0.3, 0.4) is 0 Å². The predicted molar refractivity (Wildman–Crippen MR) is 82.2 cm³/mol. The molecule has 1 amide bonds. The second kappa shape index (κ2) is 8.82. The molecule has 1 heterocycles. The van der Waals surface area contributed by atoms with Crippen molar-refractivity contribution in [2.75, 3.05) is 26.2 Å². The molecule has 1 aliphatic rings. The largest absolute Gasteiger partial charge is 0.493 e. The summed E-state index contributed by atoms with van der Waals surface area (Å²) < 4.78 is 5.77. The topological polar surface area (TPSA) is 55.6 Å². The van der Waals surface area contributed by atoms with Gasteiger partial charge in [0.05, 0.1) is 6.61 Å². The molecule has 1 aromatic carbocycles. The zero-order valence-electron chi connectivity index (χ0n) is 11.7. The number of halogens is 1. The van der Waals surface area contributed by atoms with Crippen LogP contribution in [-0.4, -0.2) is 37.0 Å². The van der Waals surface area contributed by atoms with Crippen LogP contribution in [0.2, 0.25) is 0 Å². The molecule has 1 saturated heterocycles. The van der Waals surface area contributed by atoms with E-state index in [1.54, 1.807) is 0 Å². The van der Waals surface area contributed by atoms with Gasteiger partial charge < -0.3 is 15.4 Å². The van der Waals surface area contributed by atoms with Crippen LogP contribution in [0.25, 0.3) is 0 Å². The van der Waals surface area contributed by atoms with Crippen LogP contribution in [0.1, 0.15) is 19.3 Å². The Hall–Kier alpha value is -1.26. The molecule has 2 N–H and O–H groups in total. The lowest BCUT2D eigenvalue weighted by atomic mass is 9.97. The second-order valence-corrected chi connectivity index (χ2v) is 4.99. The van der Waals surface area contributed by atoms with Gasteiger partial charge in [0.2, 0.25) is 5.91 Å². The normalized spacial score (nSPS) is 15.6. The van der Waals surface area contributed by atoms with Crippen molar-refractivity contribution in [3.63, 3.8) is 0 Å².